The number of aromatic nitrogens is 1. The lowest BCUT2D eigenvalue weighted by Crippen LogP contribution is -2.36. The Balaban J connectivity index is 2.03. The van der Waals surface area contributed by atoms with Crippen molar-refractivity contribution in [1.29, 1.82) is 0 Å². The number of nitrogens with one attached hydrogen (secondary N) is 1. The monoisotopic (exact) mass is 352 g/mol. The van der Waals surface area contributed by atoms with Crippen molar-refractivity contribution >= 4 is 17.1 Å². The minimum Gasteiger partial charge on any atom is -0.616 e. The second-order valence-corrected chi connectivity index (χ2v) is 7.06. The first-order chi connectivity index (χ1) is 11.4. The van der Waals surface area contributed by atoms with Crippen LogP contribution in [0.3, 0.4) is 0 Å². The van der Waals surface area contributed by atoms with Gasteiger partial charge in [0.1, 0.15) is 17.3 Å². The van der Waals surface area contributed by atoms with E-state index < -0.39 is 17.0 Å². The number of carbonyl (C=O) groups excluding carboxylic acids is 1. The minimum absolute atomic E-state index is 0.0518. The molecule has 0 bridgehead atoms. The highest BCUT2D eigenvalue weighted by Gasteiger charge is 2.21. The molecule has 1 aromatic carbocycles. The maximum Gasteiger partial charge on any atom is 0.270 e. The molecule has 7 heteroatoms. The summed E-state index contributed by atoms with van der Waals surface area (Å²) >= 11 is -1.41. The number of oxazole rings is 1. The van der Waals surface area contributed by atoms with Gasteiger partial charge < -0.3 is 14.3 Å². The Hall–Kier alpha value is -1.86. The number of hydrogen-bond acceptors (Lipinski definition) is 4. The SMILES string of the molecule is CCC(C)NC(=O)C[S+]([O-])Cc1nc(-c2ccccc2F)oc1C. The van der Waals surface area contributed by atoms with Crippen molar-refractivity contribution in [2.45, 2.75) is 39.0 Å². The molecule has 2 rings (SSSR count). The second-order valence-electron chi connectivity index (χ2n) is 5.61. The molecular weight excluding hydrogens is 331 g/mol. The zero-order valence-electron chi connectivity index (χ0n) is 14.0. The maximum absolute atomic E-state index is 13.8. The van der Waals surface area contributed by atoms with E-state index in [0.717, 1.165) is 6.42 Å². The summed E-state index contributed by atoms with van der Waals surface area (Å²) in [5.74, 6) is -0.0493. The average molecular weight is 352 g/mol. The van der Waals surface area contributed by atoms with Gasteiger partial charge in [0.15, 0.2) is 11.5 Å². The van der Waals surface area contributed by atoms with Crippen LogP contribution in [0.25, 0.3) is 11.5 Å². The third-order valence-corrected chi connectivity index (χ3v) is 4.79. The van der Waals surface area contributed by atoms with Gasteiger partial charge in [-0.1, -0.05) is 19.1 Å². The van der Waals surface area contributed by atoms with Crippen LogP contribution in [0.4, 0.5) is 4.39 Å². The molecule has 24 heavy (non-hydrogen) atoms. The first-order valence-corrected chi connectivity index (χ1v) is 9.25. The predicted molar refractivity (Wildman–Crippen MR) is 91.2 cm³/mol. The van der Waals surface area contributed by atoms with Gasteiger partial charge >= 0.3 is 0 Å². The molecule has 1 aromatic heterocycles. The van der Waals surface area contributed by atoms with E-state index in [4.69, 9.17) is 4.42 Å². The summed E-state index contributed by atoms with van der Waals surface area (Å²) < 4.78 is 31.4. The summed E-state index contributed by atoms with van der Waals surface area (Å²) in [5.41, 5.74) is 0.732. The smallest absolute Gasteiger partial charge is 0.270 e. The largest absolute Gasteiger partial charge is 0.616 e. The number of hydrogen-bond donors (Lipinski definition) is 1. The molecule has 1 N–H and O–H groups in total. The van der Waals surface area contributed by atoms with Crippen LogP contribution >= 0.6 is 0 Å². The first kappa shape index (κ1) is 18.5. The van der Waals surface area contributed by atoms with Crippen molar-refractivity contribution in [2.75, 3.05) is 5.75 Å². The van der Waals surface area contributed by atoms with E-state index in [2.05, 4.69) is 10.3 Å². The molecule has 0 spiro atoms. The molecule has 2 aromatic rings. The number of rotatable bonds is 7. The van der Waals surface area contributed by atoms with Gasteiger partial charge in [0, 0.05) is 6.04 Å². The quantitative estimate of drug-likeness (QED) is 0.777. The third-order valence-electron chi connectivity index (χ3n) is 3.61. The van der Waals surface area contributed by atoms with Crippen LogP contribution in [0.5, 0.6) is 0 Å². The molecule has 0 saturated carbocycles. The normalized spacial score (nSPS) is 13.5. The molecule has 130 valence electrons. The number of nitrogens with zero attached hydrogens (tertiary/aromatic N) is 1. The van der Waals surface area contributed by atoms with Crippen molar-refractivity contribution < 1.29 is 18.2 Å². The molecule has 1 heterocycles. The summed E-state index contributed by atoms with van der Waals surface area (Å²) in [7, 11) is 0. The van der Waals surface area contributed by atoms with Crippen LogP contribution in [0.15, 0.2) is 28.7 Å². The van der Waals surface area contributed by atoms with Crippen molar-refractivity contribution in [1.82, 2.24) is 10.3 Å². The van der Waals surface area contributed by atoms with Gasteiger partial charge in [0.2, 0.25) is 5.89 Å². The van der Waals surface area contributed by atoms with E-state index in [0.29, 0.717) is 11.5 Å². The Labute approximate surface area is 143 Å². The van der Waals surface area contributed by atoms with E-state index in [9.17, 15) is 13.7 Å². The molecule has 2 unspecified atom stereocenters. The summed E-state index contributed by atoms with van der Waals surface area (Å²) in [6.07, 6.45) is 0.812. The molecule has 0 saturated heterocycles. The van der Waals surface area contributed by atoms with Gasteiger partial charge in [-0.2, -0.15) is 0 Å². The van der Waals surface area contributed by atoms with Crippen molar-refractivity contribution in [2.24, 2.45) is 0 Å². The lowest BCUT2D eigenvalue weighted by molar-refractivity contribution is -0.119. The van der Waals surface area contributed by atoms with Gasteiger partial charge in [0.05, 0.1) is 5.56 Å². The molecule has 0 aliphatic carbocycles. The molecular formula is C17H21FN2O3S. The standard InChI is InChI=1S/C17H21FN2O3S/c1-4-11(2)19-16(21)10-24(22)9-15-12(3)23-17(20-15)13-7-5-6-8-14(13)18/h5-8,11H,4,9-10H2,1-3H3,(H,19,21). The average Bonchev–Trinajstić information content (AvgIpc) is 2.87. The van der Waals surface area contributed by atoms with Crippen LogP contribution in [0, 0.1) is 12.7 Å². The first-order valence-electron chi connectivity index (χ1n) is 7.76. The topological polar surface area (TPSA) is 78.2 Å². The van der Waals surface area contributed by atoms with Crippen LogP contribution < -0.4 is 5.32 Å². The second kappa shape index (κ2) is 8.30. The minimum atomic E-state index is -1.41. The number of carbonyl (C=O) groups is 1. The molecule has 0 fully saturated rings. The Bertz CT molecular complexity index is 705. The fourth-order valence-corrected chi connectivity index (χ4v) is 3.13. The van der Waals surface area contributed by atoms with Gasteiger partial charge in [0.25, 0.3) is 5.91 Å². The van der Waals surface area contributed by atoms with E-state index >= 15 is 0 Å². The van der Waals surface area contributed by atoms with E-state index in [1.807, 2.05) is 13.8 Å². The summed E-state index contributed by atoms with van der Waals surface area (Å²) in [5, 5.41) is 2.77. The highest BCUT2D eigenvalue weighted by molar-refractivity contribution is 7.91. The van der Waals surface area contributed by atoms with Crippen LogP contribution in [0.1, 0.15) is 31.7 Å². The molecule has 2 atom stereocenters. The molecule has 1 amide bonds. The Morgan fingerprint density at radius 2 is 2.17 bits per heavy atom. The van der Waals surface area contributed by atoms with Crippen molar-refractivity contribution in [3.63, 3.8) is 0 Å². The van der Waals surface area contributed by atoms with Gasteiger partial charge in [-0.15, -0.1) is 0 Å². The Morgan fingerprint density at radius 3 is 2.83 bits per heavy atom. The number of halogens is 1. The van der Waals surface area contributed by atoms with Gasteiger partial charge in [-0.3, -0.25) is 4.79 Å². The molecule has 0 aliphatic heterocycles. The van der Waals surface area contributed by atoms with Crippen LogP contribution in [-0.2, 0) is 21.7 Å². The zero-order chi connectivity index (χ0) is 17.7. The number of amides is 1. The fourth-order valence-electron chi connectivity index (χ4n) is 2.08. The van der Waals surface area contributed by atoms with E-state index in [1.165, 1.54) is 6.07 Å². The maximum atomic E-state index is 13.8. The molecule has 0 radical (unpaired) electrons. The highest BCUT2D eigenvalue weighted by atomic mass is 32.2. The molecule has 0 aliphatic rings. The number of aryl methyl sites for hydroxylation is 1. The fraction of sp³-hybridized carbons (Fsp3) is 0.412. The Morgan fingerprint density at radius 1 is 1.46 bits per heavy atom. The zero-order valence-corrected chi connectivity index (χ0v) is 14.8. The Kier molecular flexibility index (Phi) is 6.39. The van der Waals surface area contributed by atoms with Crippen molar-refractivity contribution in [3.05, 3.63) is 41.5 Å². The summed E-state index contributed by atoms with van der Waals surface area (Å²) in [6, 6.07) is 6.22. The molecule has 5 nitrogen and oxygen atoms in total. The van der Waals surface area contributed by atoms with Crippen molar-refractivity contribution in [3.8, 4) is 11.5 Å². The number of benzene rings is 1. The van der Waals surface area contributed by atoms with E-state index in [-0.39, 0.29) is 34.9 Å². The third kappa shape index (κ3) is 4.82. The van der Waals surface area contributed by atoms with Crippen LogP contribution in [0.2, 0.25) is 0 Å². The summed E-state index contributed by atoms with van der Waals surface area (Å²) in [6.45, 7) is 5.54. The summed E-state index contributed by atoms with van der Waals surface area (Å²) in [4.78, 5) is 16.0. The lowest BCUT2D eigenvalue weighted by Gasteiger charge is -2.13. The van der Waals surface area contributed by atoms with Gasteiger partial charge in [-0.25, -0.2) is 9.37 Å². The van der Waals surface area contributed by atoms with E-state index in [1.54, 1.807) is 25.1 Å². The highest BCUT2D eigenvalue weighted by Crippen LogP contribution is 2.25. The lowest BCUT2D eigenvalue weighted by atomic mass is 10.2. The predicted octanol–water partition coefficient (Wildman–Crippen LogP) is 2.95. The van der Waals surface area contributed by atoms with Gasteiger partial charge in [-0.05, 0) is 43.6 Å². The van der Waals surface area contributed by atoms with Crippen LogP contribution in [-0.4, -0.2) is 27.2 Å².